The highest BCUT2D eigenvalue weighted by atomic mass is 19.1. The van der Waals surface area contributed by atoms with Crippen molar-refractivity contribution in [2.24, 2.45) is 7.05 Å². The summed E-state index contributed by atoms with van der Waals surface area (Å²) in [4.78, 5) is 12.3. The number of benzene rings is 1. The molecule has 0 atom stereocenters. The highest BCUT2D eigenvalue weighted by Crippen LogP contribution is 2.21. The Morgan fingerprint density at radius 1 is 1.29 bits per heavy atom. The Morgan fingerprint density at radius 3 is 2.82 bits per heavy atom. The quantitative estimate of drug-likeness (QED) is 0.449. The summed E-state index contributed by atoms with van der Waals surface area (Å²) in [6.07, 6.45) is 9.57. The maximum atomic E-state index is 14.6. The molecule has 0 bridgehead atoms. The third-order valence-corrected chi connectivity index (χ3v) is 4.39. The highest BCUT2D eigenvalue weighted by Gasteiger charge is 2.14. The molecule has 1 aromatic carbocycles. The van der Waals surface area contributed by atoms with Crippen LogP contribution in [0.3, 0.4) is 0 Å². The Labute approximate surface area is 166 Å². The monoisotopic (exact) mass is 387 g/mol. The van der Waals surface area contributed by atoms with Gasteiger partial charge in [-0.1, -0.05) is 31.2 Å². The predicted molar refractivity (Wildman–Crippen MR) is 109 cm³/mol. The number of aromatic nitrogens is 2. The van der Waals surface area contributed by atoms with Gasteiger partial charge in [-0.2, -0.15) is 5.10 Å². The van der Waals surface area contributed by atoms with Crippen LogP contribution in [0.2, 0.25) is 0 Å². The molecule has 0 aliphatic rings. The number of carbonyl (C=O) groups excluding carboxylic acids is 1. The molecular weight excluding hydrogens is 357 g/mol. The summed E-state index contributed by atoms with van der Waals surface area (Å²) in [6.45, 7) is 4.52. The molecule has 0 spiro atoms. The molecule has 0 saturated heterocycles. The highest BCUT2D eigenvalue weighted by molar-refractivity contribution is 5.92. The van der Waals surface area contributed by atoms with E-state index in [4.69, 9.17) is 4.74 Å². The van der Waals surface area contributed by atoms with Gasteiger partial charge in [0.25, 0.3) is 5.91 Å². The second kappa shape index (κ2) is 11.3. The maximum Gasteiger partial charge on any atom is 0.269 e. The van der Waals surface area contributed by atoms with Crippen molar-refractivity contribution in [2.75, 3.05) is 6.61 Å². The Hall–Kier alpha value is -2.63. The molecule has 28 heavy (non-hydrogen) atoms. The zero-order valence-corrected chi connectivity index (χ0v) is 17.0. The summed E-state index contributed by atoms with van der Waals surface area (Å²) in [5.74, 6) is -0.477. The van der Waals surface area contributed by atoms with E-state index in [9.17, 15) is 9.18 Å². The number of rotatable bonds is 11. The molecule has 1 amide bonds. The van der Waals surface area contributed by atoms with Gasteiger partial charge in [0.05, 0.1) is 12.3 Å². The summed E-state index contributed by atoms with van der Waals surface area (Å²) in [5.41, 5.74) is 1.60. The van der Waals surface area contributed by atoms with Crippen LogP contribution in [0, 0.1) is 12.7 Å². The lowest BCUT2D eigenvalue weighted by Gasteiger charge is -2.11. The van der Waals surface area contributed by atoms with Crippen molar-refractivity contribution >= 4 is 5.91 Å². The number of halogens is 1. The van der Waals surface area contributed by atoms with Crippen LogP contribution in [0.4, 0.5) is 4.39 Å². The molecule has 0 aliphatic heterocycles. The number of ether oxygens (including phenoxy) is 1. The van der Waals surface area contributed by atoms with Gasteiger partial charge in [0.2, 0.25) is 0 Å². The zero-order valence-electron chi connectivity index (χ0n) is 17.0. The van der Waals surface area contributed by atoms with Gasteiger partial charge in [-0.3, -0.25) is 9.48 Å². The van der Waals surface area contributed by atoms with Crippen LogP contribution in [0.1, 0.15) is 60.8 Å². The predicted octanol–water partition coefficient (Wildman–Crippen LogP) is 4.70. The first-order chi connectivity index (χ1) is 13.5. The molecule has 0 unspecified atom stereocenters. The van der Waals surface area contributed by atoms with Crippen molar-refractivity contribution in [1.29, 1.82) is 0 Å². The molecule has 6 heteroatoms. The molecule has 0 radical (unpaired) electrons. The molecule has 1 aromatic heterocycles. The Balaban J connectivity index is 1.81. The molecule has 2 rings (SSSR count). The van der Waals surface area contributed by atoms with Crippen LogP contribution in [-0.4, -0.2) is 22.3 Å². The van der Waals surface area contributed by atoms with Gasteiger partial charge in [0, 0.05) is 19.2 Å². The van der Waals surface area contributed by atoms with E-state index < -0.39 is 5.82 Å². The third kappa shape index (κ3) is 6.51. The van der Waals surface area contributed by atoms with Crippen LogP contribution in [-0.2, 0) is 13.6 Å². The minimum absolute atomic E-state index is 0.0931. The van der Waals surface area contributed by atoms with Crippen LogP contribution in [0.25, 0.3) is 0 Å². The average Bonchev–Trinajstić information content (AvgIpc) is 3.02. The van der Waals surface area contributed by atoms with E-state index in [1.54, 1.807) is 31.3 Å². The Morgan fingerprint density at radius 2 is 2.11 bits per heavy atom. The second-order valence-electron chi connectivity index (χ2n) is 6.78. The van der Waals surface area contributed by atoms with Gasteiger partial charge in [-0.15, -0.1) is 0 Å². The van der Waals surface area contributed by atoms with Crippen LogP contribution < -0.4 is 10.1 Å². The SMILES string of the molecule is CCC=CCCCCCOc1cccc(CNC(=O)c2cc(C)nn2C)c1F. The van der Waals surface area contributed by atoms with Crippen LogP contribution >= 0.6 is 0 Å². The molecule has 0 aliphatic carbocycles. The van der Waals surface area contributed by atoms with Gasteiger partial charge in [0.15, 0.2) is 11.6 Å². The van der Waals surface area contributed by atoms with Crippen molar-refractivity contribution in [3.05, 3.63) is 59.2 Å². The summed E-state index contributed by atoms with van der Waals surface area (Å²) in [7, 11) is 1.71. The number of allylic oxidation sites excluding steroid dienone is 2. The lowest BCUT2D eigenvalue weighted by Crippen LogP contribution is -2.25. The smallest absolute Gasteiger partial charge is 0.269 e. The van der Waals surface area contributed by atoms with Crippen LogP contribution in [0.5, 0.6) is 5.75 Å². The van der Waals surface area contributed by atoms with E-state index in [-0.39, 0.29) is 18.2 Å². The van der Waals surface area contributed by atoms with Crippen molar-refractivity contribution < 1.29 is 13.9 Å². The van der Waals surface area contributed by atoms with Gasteiger partial charge >= 0.3 is 0 Å². The lowest BCUT2D eigenvalue weighted by atomic mass is 10.2. The first-order valence-electron chi connectivity index (χ1n) is 9.87. The van der Waals surface area contributed by atoms with E-state index >= 15 is 0 Å². The number of hydrogen-bond acceptors (Lipinski definition) is 3. The number of nitrogens with one attached hydrogen (secondary N) is 1. The van der Waals surface area contributed by atoms with E-state index in [0.29, 0.717) is 17.9 Å². The maximum absolute atomic E-state index is 14.6. The summed E-state index contributed by atoms with van der Waals surface area (Å²) >= 11 is 0. The fraction of sp³-hybridized carbons (Fsp3) is 0.455. The molecule has 2 aromatic rings. The molecule has 0 fully saturated rings. The van der Waals surface area contributed by atoms with Crippen molar-refractivity contribution in [3.8, 4) is 5.75 Å². The Kier molecular flexibility index (Phi) is 8.72. The van der Waals surface area contributed by atoms with E-state index in [1.807, 2.05) is 6.92 Å². The standard InChI is InChI=1S/C22H30FN3O2/c1-4-5-6-7-8-9-10-14-28-20-13-11-12-18(21(20)23)16-24-22(27)19-15-17(2)25-26(19)3/h5-6,11-13,15H,4,7-10,14,16H2,1-3H3,(H,24,27). The van der Waals surface area contributed by atoms with E-state index in [1.165, 1.54) is 4.68 Å². The number of amides is 1. The van der Waals surface area contributed by atoms with E-state index in [0.717, 1.165) is 37.8 Å². The van der Waals surface area contributed by atoms with E-state index in [2.05, 4.69) is 29.5 Å². The first-order valence-corrected chi connectivity index (χ1v) is 9.87. The lowest BCUT2D eigenvalue weighted by molar-refractivity contribution is 0.0941. The van der Waals surface area contributed by atoms with Gasteiger partial charge in [-0.05, 0) is 51.2 Å². The fourth-order valence-corrected chi connectivity index (χ4v) is 2.90. The first kappa shape index (κ1) is 21.7. The summed E-state index contributed by atoms with van der Waals surface area (Å²) in [5, 5.41) is 6.88. The molecular formula is C22H30FN3O2. The molecule has 1 N–H and O–H groups in total. The topological polar surface area (TPSA) is 56.1 Å². The summed E-state index contributed by atoms with van der Waals surface area (Å²) in [6, 6.07) is 6.71. The molecule has 0 saturated carbocycles. The zero-order chi connectivity index (χ0) is 20.4. The molecule has 5 nitrogen and oxygen atoms in total. The fourth-order valence-electron chi connectivity index (χ4n) is 2.90. The largest absolute Gasteiger partial charge is 0.491 e. The van der Waals surface area contributed by atoms with Gasteiger partial charge in [-0.25, -0.2) is 4.39 Å². The number of nitrogens with zero attached hydrogens (tertiary/aromatic N) is 2. The second-order valence-corrected chi connectivity index (χ2v) is 6.78. The van der Waals surface area contributed by atoms with Crippen molar-refractivity contribution in [2.45, 2.75) is 52.5 Å². The van der Waals surface area contributed by atoms with Crippen LogP contribution in [0.15, 0.2) is 36.4 Å². The minimum atomic E-state index is -0.421. The molecule has 152 valence electrons. The molecule has 1 heterocycles. The number of unbranched alkanes of at least 4 members (excludes halogenated alkanes) is 3. The average molecular weight is 387 g/mol. The van der Waals surface area contributed by atoms with Crippen molar-refractivity contribution in [1.82, 2.24) is 15.1 Å². The third-order valence-electron chi connectivity index (χ3n) is 4.39. The minimum Gasteiger partial charge on any atom is -0.491 e. The number of hydrogen-bond donors (Lipinski definition) is 1. The van der Waals surface area contributed by atoms with Crippen molar-refractivity contribution in [3.63, 3.8) is 0 Å². The summed E-state index contributed by atoms with van der Waals surface area (Å²) < 4.78 is 21.7. The Bertz CT molecular complexity index is 799. The number of carbonyl (C=O) groups is 1. The normalized spacial score (nSPS) is 11.1. The van der Waals surface area contributed by atoms with Gasteiger partial charge in [0.1, 0.15) is 5.69 Å². The van der Waals surface area contributed by atoms with Gasteiger partial charge < -0.3 is 10.1 Å². The number of aryl methyl sites for hydroxylation is 2.